The Morgan fingerprint density at radius 2 is 2.09 bits per heavy atom. The highest BCUT2D eigenvalue weighted by atomic mass is 32.2. The maximum Gasteiger partial charge on any atom is 0.333 e. The number of hydrazone groups is 1. The molecule has 11 heteroatoms. The van der Waals surface area contributed by atoms with Gasteiger partial charge in [-0.2, -0.15) is 18.6 Å². The van der Waals surface area contributed by atoms with Gasteiger partial charge in [-0.05, 0) is 79.5 Å². The fraction of sp³-hybridized carbons (Fsp3) is 0.304. The molecule has 1 saturated carbocycles. The van der Waals surface area contributed by atoms with Gasteiger partial charge in [-0.25, -0.2) is 9.52 Å². The van der Waals surface area contributed by atoms with Crippen molar-refractivity contribution in [3.8, 4) is 11.1 Å². The summed E-state index contributed by atoms with van der Waals surface area (Å²) in [5.74, 6) is 5.28. The number of carbonyl (C=O) groups is 1. The molecule has 2 aromatic heterocycles. The van der Waals surface area contributed by atoms with Gasteiger partial charge in [0.05, 0.1) is 23.6 Å². The fourth-order valence-electron chi connectivity index (χ4n) is 4.47. The highest BCUT2D eigenvalue weighted by Gasteiger charge is 2.28. The summed E-state index contributed by atoms with van der Waals surface area (Å²) in [5.41, 5.74) is 5.93. The molecule has 3 aromatic rings. The highest BCUT2D eigenvalue weighted by molar-refractivity contribution is 7.90. The van der Waals surface area contributed by atoms with E-state index in [1.165, 1.54) is 12.3 Å². The minimum Gasteiger partial charge on any atom is -0.323 e. The van der Waals surface area contributed by atoms with E-state index < -0.39 is 16.1 Å². The molecule has 0 saturated heterocycles. The van der Waals surface area contributed by atoms with Gasteiger partial charge >= 0.3 is 6.03 Å². The van der Waals surface area contributed by atoms with Crippen molar-refractivity contribution < 1.29 is 13.2 Å². The third-order valence-electron chi connectivity index (χ3n) is 6.12. The Morgan fingerprint density at radius 3 is 2.85 bits per heavy atom. The number of carbonyl (C=O) groups excluding carboxylic acids is 1. The maximum atomic E-state index is 12.9. The third kappa shape index (κ3) is 4.26. The molecule has 2 aliphatic carbocycles. The van der Waals surface area contributed by atoms with Crippen molar-refractivity contribution in [3.63, 3.8) is 0 Å². The lowest BCUT2D eigenvalue weighted by Crippen LogP contribution is -2.35. The van der Waals surface area contributed by atoms with E-state index in [2.05, 4.69) is 31.3 Å². The standard InChI is InChI=1S/C23H25N7O3S/c1-14-11-15-3-2-4-19(15)22(21(14)16-7-9-25-17(12-16)13-26-24)27-23(31)29-34(32,33)20-8-10-30(28-20)18-5-6-18/h7-13,18H,2-6,24H2,1H3,(H2,27,29,31)/b26-13-. The lowest BCUT2D eigenvalue weighted by atomic mass is 9.93. The van der Waals surface area contributed by atoms with Crippen LogP contribution in [0.2, 0.25) is 0 Å². The Kier molecular flexibility index (Phi) is 5.56. The van der Waals surface area contributed by atoms with Gasteiger partial charge in [0.1, 0.15) is 0 Å². The third-order valence-corrected chi connectivity index (χ3v) is 7.34. The van der Waals surface area contributed by atoms with Gasteiger partial charge in [0, 0.05) is 18.0 Å². The summed E-state index contributed by atoms with van der Waals surface area (Å²) in [7, 11) is -4.12. The molecule has 2 aliphatic rings. The number of nitrogens with one attached hydrogen (secondary N) is 2. The lowest BCUT2D eigenvalue weighted by Gasteiger charge is -2.19. The average molecular weight is 480 g/mol. The monoisotopic (exact) mass is 479 g/mol. The maximum absolute atomic E-state index is 12.9. The summed E-state index contributed by atoms with van der Waals surface area (Å²) in [4.78, 5) is 17.2. The van der Waals surface area contributed by atoms with Crippen molar-refractivity contribution in [3.05, 3.63) is 59.0 Å². The highest BCUT2D eigenvalue weighted by Crippen LogP contribution is 2.40. The first-order valence-corrected chi connectivity index (χ1v) is 12.6. The molecule has 0 aliphatic heterocycles. The number of aryl methyl sites for hydroxylation is 2. The van der Waals surface area contributed by atoms with Crippen LogP contribution in [0.15, 0.2) is 46.8 Å². The van der Waals surface area contributed by atoms with E-state index >= 15 is 0 Å². The van der Waals surface area contributed by atoms with Crippen molar-refractivity contribution in [2.75, 3.05) is 5.32 Å². The first kappa shape index (κ1) is 22.1. The van der Waals surface area contributed by atoms with E-state index in [1.807, 2.05) is 19.1 Å². The summed E-state index contributed by atoms with van der Waals surface area (Å²) in [5, 5.41) is 10.3. The smallest absolute Gasteiger partial charge is 0.323 e. The van der Waals surface area contributed by atoms with Crippen LogP contribution >= 0.6 is 0 Å². The topological polar surface area (TPSA) is 144 Å². The number of anilines is 1. The molecule has 10 nitrogen and oxygen atoms in total. The van der Waals surface area contributed by atoms with Crippen LogP contribution in [0, 0.1) is 6.92 Å². The van der Waals surface area contributed by atoms with E-state index in [0.29, 0.717) is 11.4 Å². The van der Waals surface area contributed by atoms with Crippen LogP contribution in [0.3, 0.4) is 0 Å². The van der Waals surface area contributed by atoms with Crippen LogP contribution in [0.25, 0.3) is 11.1 Å². The normalized spacial score (nSPS) is 15.4. The number of hydrogen-bond donors (Lipinski definition) is 3. The van der Waals surface area contributed by atoms with Gasteiger partial charge in [-0.1, -0.05) is 6.07 Å². The number of aromatic nitrogens is 3. The Morgan fingerprint density at radius 1 is 1.26 bits per heavy atom. The van der Waals surface area contributed by atoms with Gasteiger partial charge in [0.15, 0.2) is 5.03 Å². The molecule has 4 N–H and O–H groups in total. The number of nitrogens with zero attached hydrogens (tertiary/aromatic N) is 4. The SMILES string of the molecule is Cc1cc2c(c(NC(=O)NS(=O)(=O)c3ccn(C4CC4)n3)c1-c1ccnc(/C=N\N)c1)CCC2. The van der Waals surface area contributed by atoms with Crippen LogP contribution in [0.4, 0.5) is 10.5 Å². The van der Waals surface area contributed by atoms with E-state index in [0.717, 1.165) is 59.9 Å². The van der Waals surface area contributed by atoms with Crippen molar-refractivity contribution in [1.29, 1.82) is 0 Å². The zero-order valence-electron chi connectivity index (χ0n) is 18.7. The molecule has 2 heterocycles. The second kappa shape index (κ2) is 8.56. The zero-order chi connectivity index (χ0) is 23.9. The summed E-state index contributed by atoms with van der Waals surface area (Å²) in [6.45, 7) is 1.97. The molecule has 0 spiro atoms. The van der Waals surface area contributed by atoms with Crippen LogP contribution < -0.4 is 15.9 Å². The number of hydrogen-bond acceptors (Lipinski definition) is 7. The minimum atomic E-state index is -4.12. The number of rotatable bonds is 6. The molecule has 5 rings (SSSR count). The Bertz CT molecular complexity index is 1410. The first-order valence-electron chi connectivity index (χ1n) is 11.1. The van der Waals surface area contributed by atoms with Crippen LogP contribution in [-0.2, 0) is 22.9 Å². The molecular weight excluding hydrogens is 454 g/mol. The molecule has 1 fully saturated rings. The van der Waals surface area contributed by atoms with Crippen molar-refractivity contribution in [1.82, 2.24) is 19.5 Å². The second-order valence-electron chi connectivity index (χ2n) is 8.61. The van der Waals surface area contributed by atoms with Gasteiger partial charge in [0.25, 0.3) is 10.0 Å². The predicted molar refractivity (Wildman–Crippen MR) is 128 cm³/mol. The summed E-state index contributed by atoms with van der Waals surface area (Å²) in [6.07, 6.45) is 9.33. The Hall–Kier alpha value is -3.73. The molecule has 0 radical (unpaired) electrons. The van der Waals surface area contributed by atoms with Crippen LogP contribution in [0.5, 0.6) is 0 Å². The molecule has 2 amide bonds. The van der Waals surface area contributed by atoms with Crippen LogP contribution in [0.1, 0.15) is 47.7 Å². The van der Waals surface area contributed by atoms with Gasteiger partial charge in [-0.15, -0.1) is 0 Å². The Balaban J connectivity index is 1.48. The van der Waals surface area contributed by atoms with E-state index in [4.69, 9.17) is 5.84 Å². The van der Waals surface area contributed by atoms with Gasteiger partial charge in [0.2, 0.25) is 0 Å². The first-order chi connectivity index (χ1) is 16.4. The molecular formula is C23H25N7O3S. The number of pyridine rings is 1. The zero-order valence-corrected chi connectivity index (χ0v) is 19.5. The van der Waals surface area contributed by atoms with Gasteiger partial charge in [-0.3, -0.25) is 9.67 Å². The average Bonchev–Trinajstić information content (AvgIpc) is 3.30. The van der Waals surface area contributed by atoms with E-state index in [1.54, 1.807) is 17.1 Å². The number of urea groups is 1. The summed E-state index contributed by atoms with van der Waals surface area (Å²) in [6, 6.07) is 6.59. The largest absolute Gasteiger partial charge is 0.333 e. The molecule has 0 atom stereocenters. The molecule has 0 bridgehead atoms. The number of nitrogens with two attached hydrogens (primary N) is 1. The number of amides is 2. The minimum absolute atomic E-state index is 0.177. The van der Waals surface area contributed by atoms with Gasteiger partial charge < -0.3 is 11.2 Å². The quantitative estimate of drug-likeness (QED) is 0.282. The number of fused-ring (bicyclic) bond motifs is 1. The molecule has 1 aromatic carbocycles. The summed E-state index contributed by atoms with van der Waals surface area (Å²) < 4.78 is 29.3. The Labute approximate surface area is 197 Å². The number of benzene rings is 1. The van der Waals surface area contributed by atoms with Crippen LogP contribution in [-0.4, -0.2) is 35.4 Å². The lowest BCUT2D eigenvalue weighted by molar-refractivity contribution is 0.256. The predicted octanol–water partition coefficient (Wildman–Crippen LogP) is 2.88. The molecule has 0 unspecified atom stereocenters. The van der Waals surface area contributed by atoms with Crippen molar-refractivity contribution >= 4 is 28.0 Å². The fourth-order valence-corrected chi connectivity index (χ4v) is 5.32. The van der Waals surface area contributed by atoms with E-state index in [-0.39, 0.29) is 11.1 Å². The number of sulfonamides is 1. The summed E-state index contributed by atoms with van der Waals surface area (Å²) >= 11 is 0. The van der Waals surface area contributed by atoms with E-state index in [9.17, 15) is 13.2 Å². The van der Waals surface area contributed by atoms with Crippen molar-refractivity contribution in [2.45, 2.75) is 50.1 Å². The second-order valence-corrected chi connectivity index (χ2v) is 10.2. The van der Waals surface area contributed by atoms with Crippen molar-refractivity contribution in [2.24, 2.45) is 10.9 Å². The molecule has 176 valence electrons. The molecule has 34 heavy (non-hydrogen) atoms.